The number of fused-ring (bicyclic) bond motifs is 1. The van der Waals surface area contributed by atoms with Crippen LogP contribution in [-0.4, -0.2) is 49.5 Å². The number of hydrogen-bond donors (Lipinski definition) is 0. The summed E-state index contributed by atoms with van der Waals surface area (Å²) in [6, 6.07) is 10.4. The number of nitrogens with zero attached hydrogens (tertiary/aromatic N) is 7. The molecule has 0 bridgehead atoms. The van der Waals surface area contributed by atoms with E-state index in [1.807, 2.05) is 40.6 Å². The molecule has 2 aliphatic heterocycles. The van der Waals surface area contributed by atoms with E-state index in [2.05, 4.69) is 22.0 Å². The van der Waals surface area contributed by atoms with Crippen LogP contribution < -0.4 is 9.64 Å². The van der Waals surface area contributed by atoms with E-state index in [1.165, 1.54) is 24.9 Å². The number of imidazole rings is 1. The van der Waals surface area contributed by atoms with Crippen LogP contribution in [0.25, 0.3) is 17.2 Å². The zero-order valence-electron chi connectivity index (χ0n) is 20.7. The van der Waals surface area contributed by atoms with Gasteiger partial charge in [-0.2, -0.15) is 0 Å². The van der Waals surface area contributed by atoms with Crippen molar-refractivity contribution in [1.82, 2.24) is 29.3 Å². The number of ether oxygens (including phenoxy) is 1. The van der Waals surface area contributed by atoms with Crippen molar-refractivity contribution in [3.05, 3.63) is 65.0 Å². The predicted octanol–water partition coefficient (Wildman–Crippen LogP) is 5.41. The van der Waals surface area contributed by atoms with Crippen LogP contribution in [0.1, 0.15) is 55.1 Å². The molecule has 2 aliphatic rings. The molecule has 0 unspecified atom stereocenters. The molecule has 1 atom stereocenters. The SMILES string of the molecule is COc1nc(-c2nc3n(n2)CCC[C@H]3c2cc(N3CCCCC3)ccc2Cl)ccc1-n1cnc(C)c1. The predicted molar refractivity (Wildman–Crippen MR) is 140 cm³/mol. The molecule has 0 N–H and O–H groups in total. The summed E-state index contributed by atoms with van der Waals surface area (Å²) in [5.74, 6) is 2.16. The standard InChI is InChI=1S/C27H30ClN7O/c1-18-16-34(17-29-18)24-11-10-23(30-27(24)36-2)25-31-26-20(7-6-14-35(26)32-25)21-15-19(8-9-22(21)28)33-12-4-3-5-13-33/h8-11,15-17,20H,3-7,12-14H2,1-2H3/t20-/m0/s1. The smallest absolute Gasteiger partial charge is 0.238 e. The first kappa shape index (κ1) is 23.0. The van der Waals surface area contributed by atoms with E-state index in [-0.39, 0.29) is 5.92 Å². The third-order valence-electron chi connectivity index (χ3n) is 7.20. The molecule has 0 aliphatic carbocycles. The molecule has 4 aromatic rings. The summed E-state index contributed by atoms with van der Waals surface area (Å²) < 4.78 is 9.54. The van der Waals surface area contributed by atoms with Crippen LogP contribution in [0.2, 0.25) is 5.02 Å². The van der Waals surface area contributed by atoms with Gasteiger partial charge in [0.15, 0.2) is 5.82 Å². The number of benzene rings is 1. The molecule has 1 aromatic carbocycles. The Morgan fingerprint density at radius 2 is 1.86 bits per heavy atom. The molecule has 8 nitrogen and oxygen atoms in total. The van der Waals surface area contributed by atoms with Gasteiger partial charge in [-0.25, -0.2) is 19.6 Å². The van der Waals surface area contributed by atoms with E-state index < -0.39 is 0 Å². The van der Waals surface area contributed by atoms with Gasteiger partial charge in [-0.15, -0.1) is 5.10 Å². The number of methoxy groups -OCH3 is 1. The van der Waals surface area contributed by atoms with Gasteiger partial charge < -0.3 is 14.2 Å². The molecule has 0 spiro atoms. The van der Waals surface area contributed by atoms with Crippen molar-refractivity contribution in [2.75, 3.05) is 25.1 Å². The fourth-order valence-electron chi connectivity index (χ4n) is 5.36. The molecule has 3 aromatic heterocycles. The van der Waals surface area contributed by atoms with Crippen molar-refractivity contribution in [3.63, 3.8) is 0 Å². The maximum Gasteiger partial charge on any atom is 0.238 e. The maximum atomic E-state index is 6.76. The monoisotopic (exact) mass is 503 g/mol. The van der Waals surface area contributed by atoms with Gasteiger partial charge in [-0.3, -0.25) is 0 Å². The molecule has 9 heteroatoms. The van der Waals surface area contributed by atoms with E-state index >= 15 is 0 Å². The fraction of sp³-hybridized carbons (Fsp3) is 0.407. The molecule has 0 saturated carbocycles. The van der Waals surface area contributed by atoms with Crippen LogP contribution in [0.4, 0.5) is 5.69 Å². The van der Waals surface area contributed by atoms with Crippen LogP contribution in [0.5, 0.6) is 5.88 Å². The van der Waals surface area contributed by atoms with Crippen LogP contribution in [0.15, 0.2) is 42.9 Å². The minimum atomic E-state index is 0.104. The third-order valence-corrected chi connectivity index (χ3v) is 7.55. The zero-order chi connectivity index (χ0) is 24.6. The van der Waals surface area contributed by atoms with Gasteiger partial charge in [0.2, 0.25) is 5.88 Å². The summed E-state index contributed by atoms with van der Waals surface area (Å²) in [7, 11) is 1.62. The number of aromatic nitrogens is 6. The highest BCUT2D eigenvalue weighted by Crippen LogP contribution is 2.39. The minimum Gasteiger partial charge on any atom is -0.479 e. The van der Waals surface area contributed by atoms with Gasteiger partial charge >= 0.3 is 0 Å². The molecule has 1 saturated heterocycles. The highest BCUT2D eigenvalue weighted by Gasteiger charge is 2.29. The number of halogens is 1. The summed E-state index contributed by atoms with van der Waals surface area (Å²) >= 11 is 6.76. The number of hydrogen-bond acceptors (Lipinski definition) is 6. The van der Waals surface area contributed by atoms with Crippen molar-refractivity contribution in [2.24, 2.45) is 0 Å². The second kappa shape index (κ2) is 9.58. The highest BCUT2D eigenvalue weighted by atomic mass is 35.5. The molecule has 6 rings (SSSR count). The molecule has 36 heavy (non-hydrogen) atoms. The lowest BCUT2D eigenvalue weighted by Crippen LogP contribution is -2.29. The quantitative estimate of drug-likeness (QED) is 0.362. The highest BCUT2D eigenvalue weighted by molar-refractivity contribution is 6.31. The number of pyridine rings is 1. The number of aryl methyl sites for hydroxylation is 2. The lowest BCUT2D eigenvalue weighted by Gasteiger charge is -2.30. The van der Waals surface area contributed by atoms with Crippen LogP contribution in [0, 0.1) is 6.92 Å². The second-order valence-corrected chi connectivity index (χ2v) is 10.0. The molecule has 5 heterocycles. The molecule has 1 fully saturated rings. The topological polar surface area (TPSA) is 73.9 Å². The Hall–Kier alpha value is -3.39. The van der Waals surface area contributed by atoms with Crippen LogP contribution in [0.3, 0.4) is 0 Å². The average Bonchev–Trinajstić information content (AvgIpc) is 3.55. The van der Waals surface area contributed by atoms with Gasteiger partial charge in [0.25, 0.3) is 0 Å². The van der Waals surface area contributed by atoms with Gasteiger partial charge in [0.1, 0.15) is 17.2 Å². The van der Waals surface area contributed by atoms with Crippen molar-refractivity contribution in [3.8, 4) is 23.1 Å². The average molecular weight is 504 g/mol. The molecular formula is C27H30ClN7O. The van der Waals surface area contributed by atoms with Gasteiger partial charge in [-0.1, -0.05) is 11.6 Å². The molecular weight excluding hydrogens is 474 g/mol. The second-order valence-electron chi connectivity index (χ2n) is 9.61. The van der Waals surface area contributed by atoms with Crippen LogP contribution >= 0.6 is 11.6 Å². The van der Waals surface area contributed by atoms with Gasteiger partial charge in [0.05, 0.1) is 19.1 Å². The Balaban J connectivity index is 1.34. The van der Waals surface area contributed by atoms with Crippen LogP contribution in [-0.2, 0) is 6.54 Å². The summed E-state index contributed by atoms with van der Waals surface area (Å²) in [4.78, 5) is 16.5. The summed E-state index contributed by atoms with van der Waals surface area (Å²) in [5, 5.41) is 5.63. The van der Waals surface area contributed by atoms with Crippen molar-refractivity contribution < 1.29 is 4.74 Å². The van der Waals surface area contributed by atoms with E-state index in [0.717, 1.165) is 60.3 Å². The Bertz CT molecular complexity index is 1390. The Morgan fingerprint density at radius 1 is 1.00 bits per heavy atom. The maximum absolute atomic E-state index is 6.76. The summed E-state index contributed by atoms with van der Waals surface area (Å²) in [6.07, 6.45) is 9.53. The van der Waals surface area contributed by atoms with Gasteiger partial charge in [0, 0.05) is 42.5 Å². The number of rotatable bonds is 5. The lowest BCUT2D eigenvalue weighted by molar-refractivity contribution is 0.396. The van der Waals surface area contributed by atoms with Crippen molar-refractivity contribution in [1.29, 1.82) is 0 Å². The summed E-state index contributed by atoms with van der Waals surface area (Å²) in [6.45, 7) is 5.00. The first-order valence-electron chi connectivity index (χ1n) is 12.7. The first-order valence-corrected chi connectivity index (χ1v) is 13.0. The molecule has 186 valence electrons. The normalized spacial score (nSPS) is 17.8. The Kier molecular flexibility index (Phi) is 6.13. The van der Waals surface area contributed by atoms with E-state index in [1.54, 1.807) is 13.4 Å². The first-order chi connectivity index (χ1) is 17.6. The molecule has 0 amide bonds. The zero-order valence-corrected chi connectivity index (χ0v) is 21.4. The Labute approximate surface area is 215 Å². The number of anilines is 1. The van der Waals surface area contributed by atoms with E-state index in [0.29, 0.717) is 17.4 Å². The fourth-order valence-corrected chi connectivity index (χ4v) is 5.61. The van der Waals surface area contributed by atoms with Crippen molar-refractivity contribution >= 4 is 17.3 Å². The third kappa shape index (κ3) is 4.23. The van der Waals surface area contributed by atoms with Crippen molar-refractivity contribution in [2.45, 2.75) is 51.5 Å². The van der Waals surface area contributed by atoms with E-state index in [4.69, 9.17) is 31.4 Å². The van der Waals surface area contributed by atoms with E-state index in [9.17, 15) is 0 Å². The largest absolute Gasteiger partial charge is 0.479 e. The Morgan fingerprint density at radius 3 is 2.64 bits per heavy atom. The summed E-state index contributed by atoms with van der Waals surface area (Å²) in [5.41, 5.74) is 4.82. The minimum absolute atomic E-state index is 0.104. The molecule has 0 radical (unpaired) electrons. The number of piperidine rings is 1. The lowest BCUT2D eigenvalue weighted by atomic mass is 9.90. The van der Waals surface area contributed by atoms with Gasteiger partial charge in [-0.05, 0) is 74.9 Å².